The molecule has 2 heterocycles. The minimum atomic E-state index is -4.16. The van der Waals surface area contributed by atoms with Crippen LogP contribution in [0.15, 0.2) is 57.0 Å². The molecular formula is C22H21ClN2O8S2. The lowest BCUT2D eigenvalue weighted by Gasteiger charge is -2.34. The van der Waals surface area contributed by atoms with Gasteiger partial charge in [0.2, 0.25) is 0 Å². The number of ether oxygens (including phenoxy) is 2. The predicted octanol–water partition coefficient (Wildman–Crippen LogP) is 3.40. The Morgan fingerprint density at radius 3 is 2.57 bits per heavy atom. The maximum atomic E-state index is 13.2. The number of esters is 1. The Labute approximate surface area is 209 Å². The van der Waals surface area contributed by atoms with E-state index in [4.69, 9.17) is 30.7 Å². The molecule has 10 nitrogen and oxygen atoms in total. The summed E-state index contributed by atoms with van der Waals surface area (Å²) in [6.07, 6.45) is -0.128. The Morgan fingerprint density at radius 2 is 1.89 bits per heavy atom. The van der Waals surface area contributed by atoms with Gasteiger partial charge in [0, 0.05) is 30.1 Å². The number of amides is 1. The van der Waals surface area contributed by atoms with E-state index in [0.29, 0.717) is 27.1 Å². The van der Waals surface area contributed by atoms with Crippen LogP contribution in [0.1, 0.15) is 19.3 Å². The van der Waals surface area contributed by atoms with Crippen LogP contribution in [0.4, 0.5) is 0 Å². The predicted molar refractivity (Wildman–Crippen MR) is 126 cm³/mol. The van der Waals surface area contributed by atoms with E-state index in [2.05, 4.69) is 4.98 Å². The van der Waals surface area contributed by atoms with E-state index < -0.39 is 26.5 Å². The minimum absolute atomic E-state index is 0.0595. The van der Waals surface area contributed by atoms with E-state index >= 15 is 0 Å². The first kappa shape index (κ1) is 25.5. The Kier molecular flexibility index (Phi) is 7.67. The molecule has 1 saturated heterocycles. The van der Waals surface area contributed by atoms with Crippen LogP contribution in [0.2, 0.25) is 5.02 Å². The van der Waals surface area contributed by atoms with Crippen molar-refractivity contribution in [2.24, 2.45) is 0 Å². The summed E-state index contributed by atoms with van der Waals surface area (Å²) in [6.45, 7) is 0.134. The molecule has 0 bridgehead atoms. The number of hydrogen-bond donors (Lipinski definition) is 2. The van der Waals surface area contributed by atoms with E-state index in [1.54, 1.807) is 18.2 Å². The fourth-order valence-electron chi connectivity index (χ4n) is 3.68. The maximum Gasteiger partial charge on any atom is 0.312 e. The molecule has 0 radical (unpaired) electrons. The number of fused-ring (bicyclic) bond motifs is 1. The molecule has 1 amide bonds. The number of nitrogens with one attached hydrogen (secondary N) is 1. The largest absolute Gasteiger partial charge is 0.431 e. The zero-order chi connectivity index (χ0) is 25.1. The molecule has 4 rings (SSSR count). The second kappa shape index (κ2) is 10.5. The van der Waals surface area contributed by atoms with Gasteiger partial charge in [-0.25, -0.2) is 18.9 Å². The maximum absolute atomic E-state index is 13.2. The Hall–Kier alpha value is -2.64. The normalized spacial score (nSPS) is 15.6. The number of oxazole rings is 1. The van der Waals surface area contributed by atoms with Crippen molar-refractivity contribution < 1.29 is 37.1 Å². The number of hydrogen-bond acceptors (Lipinski definition) is 10. The number of sulfone groups is 1. The van der Waals surface area contributed by atoms with Crippen molar-refractivity contribution in [1.29, 1.82) is 0 Å². The molecule has 1 aromatic heterocycles. The summed E-state index contributed by atoms with van der Waals surface area (Å²) < 4.78 is 40.7. The standard InChI is InChI=1S/C22H21ClN2O8S2/c23-14-1-6-17-18(13-14)33-21(24-17)34-12-7-19(26)32-15-2-4-16(5-3-15)35(29,30)22(20(27)25-28)8-10-31-11-9-22/h1-6,13,28H,7-12H2,(H,25,27). The fourth-order valence-corrected chi connectivity index (χ4v) is 6.53. The average Bonchev–Trinajstić information content (AvgIpc) is 3.26. The number of benzene rings is 2. The molecule has 1 fully saturated rings. The Balaban J connectivity index is 1.36. The van der Waals surface area contributed by atoms with Gasteiger partial charge in [-0.3, -0.25) is 14.8 Å². The number of carbonyl (C=O) groups is 2. The first-order chi connectivity index (χ1) is 16.7. The highest BCUT2D eigenvalue weighted by atomic mass is 35.5. The smallest absolute Gasteiger partial charge is 0.312 e. The van der Waals surface area contributed by atoms with Crippen LogP contribution in [0, 0.1) is 0 Å². The number of thioether (sulfide) groups is 1. The SMILES string of the molecule is O=C(CCSc1nc2ccc(Cl)cc2o1)Oc1ccc(S(=O)(=O)C2(C(=O)NO)CCOCC2)cc1. The lowest BCUT2D eigenvalue weighted by atomic mass is 9.98. The lowest BCUT2D eigenvalue weighted by molar-refractivity contribution is -0.134. The average molecular weight is 541 g/mol. The van der Waals surface area contributed by atoms with Crippen molar-refractivity contribution in [3.05, 3.63) is 47.5 Å². The van der Waals surface area contributed by atoms with Crippen molar-refractivity contribution in [3.8, 4) is 5.75 Å². The third kappa shape index (κ3) is 5.31. The third-order valence-corrected chi connectivity index (χ3v) is 9.14. The minimum Gasteiger partial charge on any atom is -0.431 e. The van der Waals surface area contributed by atoms with Crippen LogP contribution in [0.25, 0.3) is 11.1 Å². The summed E-state index contributed by atoms with van der Waals surface area (Å²) in [4.78, 5) is 28.7. The second-order valence-corrected chi connectivity index (χ2v) is 11.4. The van der Waals surface area contributed by atoms with Gasteiger partial charge in [0.05, 0.1) is 11.3 Å². The van der Waals surface area contributed by atoms with Crippen molar-refractivity contribution in [3.63, 3.8) is 0 Å². The first-order valence-electron chi connectivity index (χ1n) is 10.5. The lowest BCUT2D eigenvalue weighted by Crippen LogP contribution is -2.54. The number of hydroxylamine groups is 1. The topological polar surface area (TPSA) is 145 Å². The van der Waals surface area contributed by atoms with Gasteiger partial charge >= 0.3 is 5.97 Å². The molecule has 1 aliphatic heterocycles. The second-order valence-electron chi connectivity index (χ2n) is 7.69. The zero-order valence-electron chi connectivity index (χ0n) is 18.2. The number of nitrogens with zero attached hydrogens (tertiary/aromatic N) is 1. The van der Waals surface area contributed by atoms with E-state index in [0.717, 1.165) is 0 Å². The number of carbonyl (C=O) groups excluding carboxylic acids is 2. The molecular weight excluding hydrogens is 520 g/mol. The molecule has 186 valence electrons. The number of rotatable bonds is 8. The summed E-state index contributed by atoms with van der Waals surface area (Å²) in [5.41, 5.74) is 2.68. The summed E-state index contributed by atoms with van der Waals surface area (Å²) in [7, 11) is -4.16. The zero-order valence-corrected chi connectivity index (χ0v) is 20.6. The van der Waals surface area contributed by atoms with Crippen LogP contribution < -0.4 is 10.2 Å². The highest BCUT2D eigenvalue weighted by Gasteiger charge is 2.52. The van der Waals surface area contributed by atoms with Crippen LogP contribution in [-0.4, -0.2) is 54.2 Å². The molecule has 0 atom stereocenters. The molecule has 35 heavy (non-hydrogen) atoms. The van der Waals surface area contributed by atoms with Crippen LogP contribution in [0.5, 0.6) is 5.75 Å². The van der Waals surface area contributed by atoms with Gasteiger partial charge in [-0.2, -0.15) is 0 Å². The van der Waals surface area contributed by atoms with E-state index in [1.807, 2.05) is 0 Å². The van der Waals surface area contributed by atoms with E-state index in [9.17, 15) is 18.0 Å². The number of halogens is 1. The molecule has 13 heteroatoms. The highest BCUT2D eigenvalue weighted by molar-refractivity contribution is 7.99. The molecule has 3 aromatic rings. The molecule has 0 saturated carbocycles. The quantitative estimate of drug-likeness (QED) is 0.143. The van der Waals surface area contributed by atoms with Crippen molar-refractivity contribution >= 4 is 56.2 Å². The van der Waals surface area contributed by atoms with Crippen molar-refractivity contribution in [2.75, 3.05) is 19.0 Å². The molecule has 0 spiro atoms. The summed E-state index contributed by atoms with van der Waals surface area (Å²) in [5.74, 6) is -1.01. The van der Waals surface area contributed by atoms with Crippen molar-refractivity contribution in [2.45, 2.75) is 34.1 Å². The Morgan fingerprint density at radius 1 is 1.17 bits per heavy atom. The van der Waals surface area contributed by atoms with Crippen LogP contribution >= 0.6 is 23.4 Å². The van der Waals surface area contributed by atoms with Gasteiger partial charge in [-0.1, -0.05) is 23.4 Å². The van der Waals surface area contributed by atoms with E-state index in [1.165, 1.54) is 41.5 Å². The van der Waals surface area contributed by atoms with Gasteiger partial charge in [0.1, 0.15) is 11.3 Å². The van der Waals surface area contributed by atoms with Gasteiger partial charge in [0.15, 0.2) is 20.2 Å². The monoisotopic (exact) mass is 540 g/mol. The van der Waals surface area contributed by atoms with Crippen molar-refractivity contribution in [1.82, 2.24) is 10.5 Å². The Bertz CT molecular complexity index is 1340. The molecule has 0 aliphatic carbocycles. The molecule has 2 aromatic carbocycles. The van der Waals surface area contributed by atoms with E-state index in [-0.39, 0.29) is 43.1 Å². The molecule has 0 unspecified atom stereocenters. The van der Waals surface area contributed by atoms with Gasteiger partial charge < -0.3 is 13.9 Å². The summed E-state index contributed by atoms with van der Waals surface area (Å²) >= 11 is 7.18. The third-order valence-electron chi connectivity index (χ3n) is 5.56. The fraction of sp³-hybridized carbons (Fsp3) is 0.318. The van der Waals surface area contributed by atoms with Gasteiger partial charge in [-0.05, 0) is 49.2 Å². The summed E-state index contributed by atoms with van der Waals surface area (Å²) in [6, 6.07) is 10.3. The highest BCUT2D eigenvalue weighted by Crippen LogP contribution is 2.36. The molecule has 2 N–H and O–H groups in total. The first-order valence-corrected chi connectivity index (χ1v) is 13.4. The van der Waals surface area contributed by atoms with Crippen LogP contribution in [-0.2, 0) is 24.2 Å². The number of aromatic nitrogens is 1. The van der Waals surface area contributed by atoms with Gasteiger partial charge in [-0.15, -0.1) is 0 Å². The van der Waals surface area contributed by atoms with Gasteiger partial charge in [0.25, 0.3) is 11.1 Å². The van der Waals surface area contributed by atoms with Crippen LogP contribution in [0.3, 0.4) is 0 Å². The summed E-state index contributed by atoms with van der Waals surface area (Å²) in [5, 5.41) is 10.1. The molecule has 1 aliphatic rings.